The molecule has 1 aromatic heterocycles. The second kappa shape index (κ2) is 5.81. The molecule has 1 unspecified atom stereocenters. The number of anilines is 1. The first-order chi connectivity index (χ1) is 9.42. The number of carbonyl (C=O) groups is 1. The average molecular weight is 276 g/mol. The molecule has 0 aromatic carbocycles. The molecule has 0 bridgehead atoms. The van der Waals surface area contributed by atoms with E-state index in [1.807, 2.05) is 0 Å². The quantitative estimate of drug-likeness (QED) is 0.860. The van der Waals surface area contributed by atoms with Crippen molar-refractivity contribution < 1.29 is 9.90 Å². The highest BCUT2D eigenvalue weighted by Crippen LogP contribution is 2.38. The second-order valence-corrected chi connectivity index (χ2v) is 6.37. The molecule has 4 nitrogen and oxygen atoms in total. The van der Waals surface area contributed by atoms with Crippen LogP contribution >= 0.6 is 0 Å². The molecule has 4 heteroatoms. The molecule has 0 radical (unpaired) electrons. The summed E-state index contributed by atoms with van der Waals surface area (Å²) in [7, 11) is 0. The lowest BCUT2D eigenvalue weighted by Crippen LogP contribution is -2.31. The van der Waals surface area contributed by atoms with Gasteiger partial charge in [-0.05, 0) is 36.8 Å². The molecular weight excluding hydrogens is 252 g/mol. The normalized spacial score (nSPS) is 20.9. The van der Waals surface area contributed by atoms with E-state index in [1.54, 1.807) is 12.1 Å². The summed E-state index contributed by atoms with van der Waals surface area (Å²) in [5.74, 6) is -0.188. The first-order valence-corrected chi connectivity index (χ1v) is 7.43. The van der Waals surface area contributed by atoms with Crippen molar-refractivity contribution in [3.63, 3.8) is 0 Å². The standard InChI is InChI=1S/C16H24N2O2/c1-4-6-12-9-11(15(19)20)10-14(17-12)18-13-7-5-8-16(13,2)3/h9-10,13H,4-8H2,1-3H3,(H,17,18)(H,19,20). The lowest BCUT2D eigenvalue weighted by Gasteiger charge is -2.28. The van der Waals surface area contributed by atoms with Gasteiger partial charge < -0.3 is 10.4 Å². The van der Waals surface area contributed by atoms with E-state index in [0.29, 0.717) is 17.4 Å². The smallest absolute Gasteiger partial charge is 0.335 e. The number of carboxylic acid groups (broad SMARTS) is 1. The number of rotatable bonds is 5. The molecule has 1 atom stereocenters. The summed E-state index contributed by atoms with van der Waals surface area (Å²) in [6, 6.07) is 3.70. The summed E-state index contributed by atoms with van der Waals surface area (Å²) in [6.07, 6.45) is 5.31. The second-order valence-electron chi connectivity index (χ2n) is 6.37. The van der Waals surface area contributed by atoms with E-state index in [2.05, 4.69) is 31.1 Å². The number of nitrogens with zero attached hydrogens (tertiary/aromatic N) is 1. The van der Waals surface area contributed by atoms with Crippen LogP contribution < -0.4 is 5.32 Å². The Balaban J connectivity index is 2.24. The van der Waals surface area contributed by atoms with Gasteiger partial charge >= 0.3 is 5.97 Å². The first kappa shape index (κ1) is 14.8. The fourth-order valence-electron chi connectivity index (χ4n) is 2.94. The molecule has 1 aliphatic rings. The van der Waals surface area contributed by atoms with Gasteiger partial charge in [0.15, 0.2) is 0 Å². The number of aryl methyl sites for hydroxylation is 1. The number of hydrogen-bond donors (Lipinski definition) is 2. The summed E-state index contributed by atoms with van der Waals surface area (Å²) < 4.78 is 0. The molecule has 0 amide bonds. The van der Waals surface area contributed by atoms with Gasteiger partial charge in [-0.25, -0.2) is 9.78 Å². The molecule has 20 heavy (non-hydrogen) atoms. The first-order valence-electron chi connectivity index (χ1n) is 7.43. The van der Waals surface area contributed by atoms with Crippen molar-refractivity contribution in [2.75, 3.05) is 5.32 Å². The van der Waals surface area contributed by atoms with Crippen molar-refractivity contribution in [1.29, 1.82) is 0 Å². The number of aromatic carboxylic acids is 1. The lowest BCUT2D eigenvalue weighted by molar-refractivity contribution is 0.0696. The van der Waals surface area contributed by atoms with E-state index in [1.165, 1.54) is 12.8 Å². The van der Waals surface area contributed by atoms with Crippen molar-refractivity contribution in [3.8, 4) is 0 Å². The summed E-state index contributed by atoms with van der Waals surface area (Å²) in [5, 5.41) is 12.7. The molecule has 0 aliphatic heterocycles. The van der Waals surface area contributed by atoms with Gasteiger partial charge in [-0.3, -0.25) is 0 Å². The van der Waals surface area contributed by atoms with Crippen molar-refractivity contribution >= 4 is 11.8 Å². The molecule has 1 heterocycles. The van der Waals surface area contributed by atoms with Crippen LogP contribution in [0, 0.1) is 5.41 Å². The summed E-state index contributed by atoms with van der Waals surface area (Å²) in [6.45, 7) is 6.58. The number of carboxylic acids is 1. The van der Waals surface area contributed by atoms with Crippen LogP contribution in [0.25, 0.3) is 0 Å². The third-order valence-electron chi connectivity index (χ3n) is 4.21. The van der Waals surface area contributed by atoms with E-state index in [-0.39, 0.29) is 5.41 Å². The molecule has 110 valence electrons. The van der Waals surface area contributed by atoms with Crippen LogP contribution in [0.15, 0.2) is 12.1 Å². The zero-order chi connectivity index (χ0) is 14.8. The van der Waals surface area contributed by atoms with Gasteiger partial charge in [-0.15, -0.1) is 0 Å². The maximum Gasteiger partial charge on any atom is 0.335 e. The van der Waals surface area contributed by atoms with Crippen LogP contribution in [0.2, 0.25) is 0 Å². The van der Waals surface area contributed by atoms with Gasteiger partial charge in [0, 0.05) is 11.7 Å². The van der Waals surface area contributed by atoms with Crippen molar-refractivity contribution in [2.45, 2.75) is 58.9 Å². The van der Waals surface area contributed by atoms with Crippen molar-refractivity contribution in [3.05, 3.63) is 23.4 Å². The van der Waals surface area contributed by atoms with Gasteiger partial charge in [-0.2, -0.15) is 0 Å². The molecular formula is C16H24N2O2. The minimum Gasteiger partial charge on any atom is -0.478 e. The zero-order valence-corrected chi connectivity index (χ0v) is 12.6. The van der Waals surface area contributed by atoms with Crippen LogP contribution in [0.5, 0.6) is 0 Å². The number of aromatic nitrogens is 1. The maximum atomic E-state index is 11.2. The monoisotopic (exact) mass is 276 g/mol. The Morgan fingerprint density at radius 3 is 2.80 bits per heavy atom. The third kappa shape index (κ3) is 3.30. The Morgan fingerprint density at radius 1 is 1.50 bits per heavy atom. The number of nitrogens with one attached hydrogen (secondary N) is 1. The Bertz CT molecular complexity index is 497. The number of hydrogen-bond acceptors (Lipinski definition) is 3. The Labute approximate surface area is 120 Å². The predicted octanol–water partition coefficient (Wildman–Crippen LogP) is 3.72. The Kier molecular flexibility index (Phi) is 4.31. The topological polar surface area (TPSA) is 62.2 Å². The summed E-state index contributed by atoms with van der Waals surface area (Å²) in [5.41, 5.74) is 1.42. The fourth-order valence-corrected chi connectivity index (χ4v) is 2.94. The highest BCUT2D eigenvalue weighted by atomic mass is 16.4. The van der Waals surface area contributed by atoms with E-state index in [0.717, 1.165) is 25.0 Å². The van der Waals surface area contributed by atoms with Gasteiger partial charge in [-0.1, -0.05) is 33.6 Å². The molecule has 1 aliphatic carbocycles. The van der Waals surface area contributed by atoms with Gasteiger partial charge in [0.25, 0.3) is 0 Å². The highest BCUT2D eigenvalue weighted by Gasteiger charge is 2.34. The fraction of sp³-hybridized carbons (Fsp3) is 0.625. The molecule has 2 N–H and O–H groups in total. The SMILES string of the molecule is CCCc1cc(C(=O)O)cc(NC2CCCC2(C)C)n1. The molecule has 1 saturated carbocycles. The summed E-state index contributed by atoms with van der Waals surface area (Å²) >= 11 is 0. The lowest BCUT2D eigenvalue weighted by atomic mass is 9.87. The van der Waals surface area contributed by atoms with Gasteiger partial charge in [0.2, 0.25) is 0 Å². The van der Waals surface area contributed by atoms with Crippen LogP contribution in [-0.2, 0) is 6.42 Å². The van der Waals surface area contributed by atoms with Crippen LogP contribution in [0.3, 0.4) is 0 Å². The Morgan fingerprint density at radius 2 is 2.25 bits per heavy atom. The van der Waals surface area contributed by atoms with Gasteiger partial charge in [0.1, 0.15) is 5.82 Å². The van der Waals surface area contributed by atoms with E-state index in [4.69, 9.17) is 0 Å². The van der Waals surface area contributed by atoms with Crippen LogP contribution in [-0.4, -0.2) is 22.1 Å². The maximum absolute atomic E-state index is 11.2. The van der Waals surface area contributed by atoms with Crippen LogP contribution in [0.1, 0.15) is 62.5 Å². The number of pyridine rings is 1. The molecule has 0 spiro atoms. The van der Waals surface area contributed by atoms with Crippen LogP contribution in [0.4, 0.5) is 5.82 Å². The Hall–Kier alpha value is -1.58. The van der Waals surface area contributed by atoms with E-state index < -0.39 is 5.97 Å². The highest BCUT2D eigenvalue weighted by molar-refractivity contribution is 5.88. The largest absolute Gasteiger partial charge is 0.478 e. The summed E-state index contributed by atoms with van der Waals surface area (Å²) in [4.78, 5) is 15.8. The predicted molar refractivity (Wildman–Crippen MR) is 80.2 cm³/mol. The zero-order valence-electron chi connectivity index (χ0n) is 12.6. The van der Waals surface area contributed by atoms with Crippen molar-refractivity contribution in [2.24, 2.45) is 5.41 Å². The average Bonchev–Trinajstić information content (AvgIpc) is 2.69. The minimum atomic E-state index is -0.890. The van der Waals surface area contributed by atoms with E-state index in [9.17, 15) is 9.90 Å². The van der Waals surface area contributed by atoms with Gasteiger partial charge in [0.05, 0.1) is 5.56 Å². The third-order valence-corrected chi connectivity index (χ3v) is 4.21. The molecule has 1 aromatic rings. The molecule has 1 fully saturated rings. The van der Waals surface area contributed by atoms with Crippen molar-refractivity contribution in [1.82, 2.24) is 4.98 Å². The molecule has 2 rings (SSSR count). The minimum absolute atomic E-state index is 0.242. The van der Waals surface area contributed by atoms with E-state index >= 15 is 0 Å². The molecule has 0 saturated heterocycles.